The van der Waals surface area contributed by atoms with E-state index in [2.05, 4.69) is 71.7 Å². The van der Waals surface area contributed by atoms with Gasteiger partial charge in [-0.25, -0.2) is 4.98 Å². The zero-order valence-corrected chi connectivity index (χ0v) is 28.3. The van der Waals surface area contributed by atoms with Gasteiger partial charge in [-0.05, 0) is 65.8 Å². The van der Waals surface area contributed by atoms with Crippen LogP contribution >= 0.6 is 36.0 Å². The lowest BCUT2D eigenvalue weighted by Crippen LogP contribution is -2.31. The van der Waals surface area contributed by atoms with Crippen LogP contribution in [0.25, 0.3) is 22.2 Å². The Morgan fingerprint density at radius 3 is 2.44 bits per heavy atom. The smallest absolute Gasteiger partial charge is 0.137 e. The summed E-state index contributed by atoms with van der Waals surface area (Å²) in [5.74, 6) is 1.12. The molecule has 4 aromatic rings. The molecule has 0 saturated carbocycles. The Balaban J connectivity index is 1.41. The standard InChI is InChI=1S/C33H38Cl2N4O2SSi/c1-43(2,3)16-15-40-22-39-31-19-29(35)28(34)18-30(31)37-32(39)21-41-33(26-11-13-38(42)14-12-26)25-9-7-24(8-10-25)27-6-4-5-23(17-27)20-36/h4-10,17-19,26,33,42H,11-16,21-22H2,1-3H3. The van der Waals surface area contributed by atoms with Crippen molar-refractivity contribution >= 4 is 55.1 Å². The van der Waals surface area contributed by atoms with Gasteiger partial charge in [-0.3, -0.25) is 4.31 Å². The number of ether oxygens (including phenoxy) is 2. The molecule has 0 radical (unpaired) electrons. The predicted octanol–water partition coefficient (Wildman–Crippen LogP) is 9.01. The van der Waals surface area contributed by atoms with Crippen LogP contribution in [0.4, 0.5) is 0 Å². The molecule has 1 aliphatic heterocycles. The van der Waals surface area contributed by atoms with Crippen molar-refractivity contribution in [3.63, 3.8) is 0 Å². The Hall–Kier alpha value is -2.35. The van der Waals surface area contributed by atoms with Crippen LogP contribution in [0.5, 0.6) is 0 Å². The summed E-state index contributed by atoms with van der Waals surface area (Å²) < 4.78 is 17.1. The van der Waals surface area contributed by atoms with Gasteiger partial charge < -0.3 is 14.0 Å². The van der Waals surface area contributed by atoms with Gasteiger partial charge in [0.25, 0.3) is 0 Å². The van der Waals surface area contributed by atoms with Crippen molar-refractivity contribution in [3.05, 3.63) is 87.7 Å². The van der Waals surface area contributed by atoms with Crippen LogP contribution in [0.15, 0.2) is 60.7 Å². The number of hydrogen-bond acceptors (Lipinski definition) is 6. The summed E-state index contributed by atoms with van der Waals surface area (Å²) in [6.07, 6.45) is 1.86. The summed E-state index contributed by atoms with van der Waals surface area (Å²) in [6.45, 7) is 10.2. The summed E-state index contributed by atoms with van der Waals surface area (Å²) in [7, 11) is -1.22. The number of rotatable bonds is 11. The highest BCUT2D eigenvalue weighted by atomic mass is 35.5. The van der Waals surface area contributed by atoms with E-state index in [1.165, 1.54) is 0 Å². The predicted molar refractivity (Wildman–Crippen MR) is 181 cm³/mol. The van der Waals surface area contributed by atoms with Crippen molar-refractivity contribution in [1.82, 2.24) is 13.9 Å². The van der Waals surface area contributed by atoms with E-state index in [0.717, 1.165) is 65.5 Å². The van der Waals surface area contributed by atoms with E-state index in [4.69, 9.17) is 37.7 Å². The van der Waals surface area contributed by atoms with Crippen LogP contribution in [-0.2, 0) is 22.8 Å². The molecule has 10 heteroatoms. The maximum atomic E-state index is 9.33. The van der Waals surface area contributed by atoms with E-state index in [1.807, 2.05) is 30.3 Å². The number of aromatic nitrogens is 2. The van der Waals surface area contributed by atoms with Gasteiger partial charge in [0.15, 0.2) is 0 Å². The number of benzene rings is 3. The lowest BCUT2D eigenvalue weighted by atomic mass is 9.87. The number of halogens is 2. The molecule has 1 atom stereocenters. The minimum absolute atomic E-state index is 0.116. The van der Waals surface area contributed by atoms with Gasteiger partial charge in [0, 0.05) is 27.8 Å². The van der Waals surface area contributed by atoms with Gasteiger partial charge in [0.2, 0.25) is 0 Å². The third kappa shape index (κ3) is 8.23. The van der Waals surface area contributed by atoms with Gasteiger partial charge in [-0.2, -0.15) is 5.26 Å². The number of thiol groups is 1. The first-order valence-corrected chi connectivity index (χ1v) is 19.6. The van der Waals surface area contributed by atoms with Crippen molar-refractivity contribution in [1.29, 1.82) is 5.26 Å². The minimum atomic E-state index is -1.22. The Morgan fingerprint density at radius 2 is 1.74 bits per heavy atom. The fraction of sp³-hybridized carbons (Fsp3) is 0.394. The Kier molecular flexibility index (Phi) is 10.6. The van der Waals surface area contributed by atoms with Crippen LogP contribution < -0.4 is 0 Å². The SMILES string of the molecule is C[Si](C)(C)CCOCn1c(COC(c2ccc(-c3cccc(C#N)c3)cc2)C2CCN(S)CC2)nc2cc(Cl)c(Cl)cc21. The molecule has 3 aromatic carbocycles. The van der Waals surface area contributed by atoms with E-state index in [1.54, 1.807) is 6.07 Å². The second-order valence-electron chi connectivity index (χ2n) is 12.4. The molecule has 43 heavy (non-hydrogen) atoms. The molecule has 0 amide bonds. The highest BCUT2D eigenvalue weighted by Crippen LogP contribution is 2.36. The van der Waals surface area contributed by atoms with Crippen molar-refractivity contribution in [2.75, 3.05) is 19.7 Å². The second kappa shape index (κ2) is 14.2. The largest absolute Gasteiger partial charge is 0.365 e. The molecule has 0 spiro atoms. The molecular formula is C33H38Cl2N4O2SSi. The maximum absolute atomic E-state index is 9.33. The quantitative estimate of drug-likeness (QED) is 0.0995. The molecule has 0 bridgehead atoms. The number of piperidine rings is 1. The summed E-state index contributed by atoms with van der Waals surface area (Å²) in [5.41, 5.74) is 5.51. The van der Waals surface area contributed by atoms with E-state index in [0.29, 0.717) is 41.5 Å². The topological polar surface area (TPSA) is 63.3 Å². The van der Waals surface area contributed by atoms with Gasteiger partial charge in [-0.15, -0.1) is 0 Å². The Labute approximate surface area is 271 Å². The summed E-state index contributed by atoms with van der Waals surface area (Å²) in [6, 6.07) is 23.2. The molecule has 1 unspecified atom stereocenters. The first-order valence-electron chi connectivity index (χ1n) is 14.7. The van der Waals surface area contributed by atoms with Crippen LogP contribution in [0, 0.1) is 17.2 Å². The van der Waals surface area contributed by atoms with E-state index in [-0.39, 0.29) is 6.10 Å². The van der Waals surface area contributed by atoms with Crippen molar-refractivity contribution in [2.45, 2.75) is 58.0 Å². The van der Waals surface area contributed by atoms with Crippen molar-refractivity contribution < 1.29 is 9.47 Å². The first kappa shape index (κ1) is 32.1. The first-order chi connectivity index (χ1) is 20.6. The zero-order chi connectivity index (χ0) is 30.6. The molecule has 2 heterocycles. The third-order valence-corrected chi connectivity index (χ3v) is 10.8. The van der Waals surface area contributed by atoms with E-state index < -0.39 is 8.07 Å². The van der Waals surface area contributed by atoms with Gasteiger partial charge in [-0.1, -0.05) is 92.1 Å². The highest BCUT2D eigenvalue weighted by Gasteiger charge is 2.29. The summed E-state index contributed by atoms with van der Waals surface area (Å²) >= 11 is 17.4. The van der Waals surface area contributed by atoms with Gasteiger partial charge in [0.05, 0.1) is 38.8 Å². The fourth-order valence-corrected chi connectivity index (χ4v) is 6.75. The Morgan fingerprint density at radius 1 is 1.02 bits per heavy atom. The normalized spacial score (nSPS) is 15.6. The molecule has 1 fully saturated rings. The monoisotopic (exact) mass is 652 g/mol. The number of imidazole rings is 1. The summed E-state index contributed by atoms with van der Waals surface area (Å²) in [5, 5.41) is 10.3. The van der Waals surface area contributed by atoms with Crippen LogP contribution in [-0.4, -0.2) is 41.6 Å². The average molecular weight is 654 g/mol. The van der Waals surface area contributed by atoms with Crippen LogP contribution in [0.2, 0.25) is 35.7 Å². The number of nitrogens with zero attached hydrogens (tertiary/aromatic N) is 4. The fourth-order valence-electron chi connectivity index (χ4n) is 5.45. The second-order valence-corrected chi connectivity index (χ2v) is 19.4. The molecular weight excluding hydrogens is 615 g/mol. The highest BCUT2D eigenvalue weighted by molar-refractivity contribution is 7.77. The van der Waals surface area contributed by atoms with Crippen molar-refractivity contribution in [3.8, 4) is 17.2 Å². The molecule has 226 valence electrons. The summed E-state index contributed by atoms with van der Waals surface area (Å²) in [4.78, 5) is 4.91. The molecule has 0 aliphatic carbocycles. The molecule has 1 aromatic heterocycles. The lowest BCUT2D eigenvalue weighted by molar-refractivity contribution is -0.0207. The maximum Gasteiger partial charge on any atom is 0.137 e. The van der Waals surface area contributed by atoms with E-state index >= 15 is 0 Å². The van der Waals surface area contributed by atoms with E-state index in [9.17, 15) is 5.26 Å². The molecule has 6 nitrogen and oxygen atoms in total. The Bertz CT molecular complexity index is 1590. The van der Waals surface area contributed by atoms with Crippen LogP contribution in [0.3, 0.4) is 0 Å². The molecule has 1 aliphatic rings. The molecule has 1 saturated heterocycles. The average Bonchev–Trinajstić information content (AvgIpc) is 3.32. The molecule has 0 N–H and O–H groups in total. The van der Waals surface area contributed by atoms with Crippen LogP contribution in [0.1, 0.15) is 35.9 Å². The van der Waals surface area contributed by atoms with Gasteiger partial charge in [0.1, 0.15) is 19.2 Å². The number of fused-ring (bicyclic) bond motifs is 1. The lowest BCUT2D eigenvalue weighted by Gasteiger charge is -2.34. The van der Waals surface area contributed by atoms with Gasteiger partial charge >= 0.3 is 0 Å². The van der Waals surface area contributed by atoms with Crippen molar-refractivity contribution in [2.24, 2.45) is 5.92 Å². The molecule has 5 rings (SSSR count). The minimum Gasteiger partial charge on any atom is -0.365 e. The zero-order valence-electron chi connectivity index (χ0n) is 24.9. The number of hydrogen-bond donors (Lipinski definition) is 1. The number of nitriles is 1. The third-order valence-electron chi connectivity index (χ3n) is 7.99.